The molecule has 3 aromatic rings. The van der Waals surface area contributed by atoms with Crippen molar-refractivity contribution in [1.29, 1.82) is 0 Å². The zero-order chi connectivity index (χ0) is 28.3. The molecular weight excluding hydrogens is 522 g/mol. The van der Waals surface area contributed by atoms with Crippen LogP contribution in [0.15, 0.2) is 47.5 Å². The summed E-state index contributed by atoms with van der Waals surface area (Å²) in [6, 6.07) is 9.00. The van der Waals surface area contributed by atoms with Crippen LogP contribution in [0.25, 0.3) is 0 Å². The molecule has 4 rings (SSSR count). The molecule has 1 fully saturated rings. The van der Waals surface area contributed by atoms with Gasteiger partial charge < -0.3 is 20.7 Å². The van der Waals surface area contributed by atoms with Crippen molar-refractivity contribution in [3.05, 3.63) is 58.7 Å². The number of rotatable bonds is 9. The van der Waals surface area contributed by atoms with Crippen molar-refractivity contribution in [2.75, 3.05) is 23.7 Å². The molecular formula is C28H36ClN5O3S. The van der Waals surface area contributed by atoms with E-state index in [0.29, 0.717) is 29.1 Å². The van der Waals surface area contributed by atoms with Crippen LogP contribution in [0.1, 0.15) is 59.0 Å². The third-order valence-corrected chi connectivity index (χ3v) is 8.96. The third-order valence-electron chi connectivity index (χ3n) is 6.47. The van der Waals surface area contributed by atoms with Crippen LogP contribution in [0.5, 0.6) is 5.75 Å². The second-order valence-electron chi connectivity index (χ2n) is 10.0. The van der Waals surface area contributed by atoms with Crippen molar-refractivity contribution in [3.63, 3.8) is 0 Å². The molecule has 38 heavy (non-hydrogen) atoms. The first-order chi connectivity index (χ1) is 18.5. The molecule has 0 aliphatic carbocycles. The Balaban J connectivity index is 1.70. The van der Waals surface area contributed by atoms with E-state index in [0.717, 1.165) is 37.1 Å². The summed E-state index contributed by atoms with van der Waals surface area (Å²) in [6.07, 6.45) is 3.35. The molecule has 204 valence electrons. The first-order valence-corrected chi connectivity index (χ1v) is 14.8. The van der Waals surface area contributed by atoms with Gasteiger partial charge in [0.25, 0.3) is 0 Å². The van der Waals surface area contributed by atoms with Crippen LogP contribution in [0.2, 0.25) is 5.02 Å². The number of piperidine rings is 1. The minimum atomic E-state index is -3.55. The van der Waals surface area contributed by atoms with Crippen LogP contribution in [-0.2, 0) is 9.84 Å². The van der Waals surface area contributed by atoms with Crippen molar-refractivity contribution in [2.24, 2.45) is 0 Å². The zero-order valence-corrected chi connectivity index (χ0v) is 24.0. The minimum Gasteiger partial charge on any atom is -0.489 e. The quantitative estimate of drug-likeness (QED) is 0.278. The lowest BCUT2D eigenvalue weighted by atomic mass is 9.87. The van der Waals surface area contributed by atoms with E-state index in [4.69, 9.17) is 17.7 Å². The summed E-state index contributed by atoms with van der Waals surface area (Å²) in [7, 11) is -3.55. The second kappa shape index (κ2) is 11.9. The van der Waals surface area contributed by atoms with Crippen LogP contribution in [-0.4, -0.2) is 42.8 Å². The topological polar surface area (TPSA) is 105 Å². The average molecular weight is 559 g/mol. The van der Waals surface area contributed by atoms with Gasteiger partial charge in [-0.2, -0.15) is 4.98 Å². The molecule has 0 spiro atoms. The van der Waals surface area contributed by atoms with Crippen molar-refractivity contribution < 1.29 is 14.5 Å². The number of hydrogen-bond acceptors (Lipinski definition) is 8. The molecule has 1 aliphatic rings. The van der Waals surface area contributed by atoms with Crippen molar-refractivity contribution in [2.45, 2.75) is 69.6 Å². The van der Waals surface area contributed by atoms with Gasteiger partial charge in [0, 0.05) is 0 Å². The highest BCUT2D eigenvalue weighted by atomic mass is 35.5. The van der Waals surface area contributed by atoms with Gasteiger partial charge in [-0.3, -0.25) is 0 Å². The lowest BCUT2D eigenvalue weighted by Gasteiger charge is -2.26. The molecule has 8 nitrogen and oxygen atoms in total. The normalized spacial score (nSPS) is 15.0. The highest BCUT2D eigenvalue weighted by molar-refractivity contribution is 7.92. The Morgan fingerprint density at radius 2 is 1.84 bits per heavy atom. The van der Waals surface area contributed by atoms with Crippen LogP contribution >= 0.6 is 11.6 Å². The summed E-state index contributed by atoms with van der Waals surface area (Å²) >= 11 is 6.41. The number of hydrogen-bond donors (Lipinski definition) is 3. The predicted molar refractivity (Wildman–Crippen MR) is 154 cm³/mol. The summed E-state index contributed by atoms with van der Waals surface area (Å²) < 4.78 is 41.0. The fourth-order valence-corrected chi connectivity index (χ4v) is 5.81. The molecule has 0 saturated carbocycles. The number of nitrogens with zero attached hydrogens (tertiary/aromatic N) is 2. The Labute approximate surface area is 231 Å². The summed E-state index contributed by atoms with van der Waals surface area (Å²) in [6.45, 7) is 11.0. The number of aromatic nitrogens is 2. The molecule has 10 heteroatoms. The second-order valence-corrected chi connectivity index (χ2v) is 12.9. The van der Waals surface area contributed by atoms with E-state index >= 15 is 0 Å². The maximum atomic E-state index is 12.9. The first kappa shape index (κ1) is 26.7. The van der Waals surface area contributed by atoms with Gasteiger partial charge in [0.2, 0.25) is 5.95 Å². The highest BCUT2D eigenvalue weighted by Gasteiger charge is 2.24. The van der Waals surface area contributed by atoms with E-state index in [1.54, 1.807) is 38.1 Å². The smallest absolute Gasteiger partial charge is 0.229 e. The minimum absolute atomic E-state index is 0.101. The van der Waals surface area contributed by atoms with Crippen LogP contribution in [0.3, 0.4) is 0 Å². The van der Waals surface area contributed by atoms with Crippen molar-refractivity contribution in [3.8, 4) is 5.75 Å². The molecule has 0 bridgehead atoms. The summed E-state index contributed by atoms with van der Waals surface area (Å²) in [4.78, 5) is 9.01. The highest BCUT2D eigenvalue weighted by Crippen LogP contribution is 2.37. The molecule has 1 aliphatic heterocycles. The molecule has 0 amide bonds. The summed E-state index contributed by atoms with van der Waals surface area (Å²) in [5.74, 6) is 1.36. The number of ether oxygens (including phenoxy) is 1. The standard InChI is InChI=1S/C28H36ClN5O3S/c1-17(2)37-25-15-21(20-10-12-30-13-11-20)19(5)14-24(25)33-28-31-16-22(29)27(34-28)32-23-8-6-7-9-26(23)38(35,36)18(3)4/h6-9,14-18,20,30H,10-13H2,1-5H3,(H2,31,32,33,34)/i14D. The molecule has 1 aromatic heterocycles. The van der Waals surface area contributed by atoms with Crippen molar-refractivity contribution in [1.82, 2.24) is 15.3 Å². The Morgan fingerprint density at radius 3 is 2.53 bits per heavy atom. The van der Waals surface area contributed by atoms with E-state index in [9.17, 15) is 8.42 Å². The molecule has 2 heterocycles. The van der Waals surface area contributed by atoms with Crippen LogP contribution in [0, 0.1) is 6.92 Å². The lowest BCUT2D eigenvalue weighted by Crippen LogP contribution is -2.27. The van der Waals surface area contributed by atoms with Gasteiger partial charge in [-0.15, -0.1) is 0 Å². The van der Waals surface area contributed by atoms with Crippen LogP contribution < -0.4 is 20.7 Å². The molecule has 1 saturated heterocycles. The lowest BCUT2D eigenvalue weighted by molar-refractivity contribution is 0.243. The van der Waals surface area contributed by atoms with Gasteiger partial charge in [0.1, 0.15) is 10.8 Å². The monoisotopic (exact) mass is 558 g/mol. The van der Waals surface area contributed by atoms with Crippen LogP contribution in [0.4, 0.5) is 23.1 Å². The predicted octanol–water partition coefficient (Wildman–Crippen LogP) is 6.36. The Hall–Kier alpha value is -2.88. The maximum absolute atomic E-state index is 12.9. The fraction of sp³-hybridized carbons (Fsp3) is 0.429. The van der Waals surface area contributed by atoms with E-state index in [2.05, 4.69) is 25.9 Å². The largest absolute Gasteiger partial charge is 0.489 e. The average Bonchev–Trinajstić information content (AvgIpc) is 2.90. The maximum Gasteiger partial charge on any atom is 0.229 e. The van der Waals surface area contributed by atoms with E-state index in [-0.39, 0.29) is 27.8 Å². The Kier molecular flexibility index (Phi) is 8.35. The van der Waals surface area contributed by atoms with Gasteiger partial charge in [-0.1, -0.05) is 23.7 Å². The number of benzene rings is 2. The van der Waals surface area contributed by atoms with Gasteiger partial charge in [-0.05, 0) is 102 Å². The third kappa shape index (κ3) is 6.39. The Bertz CT molecular complexity index is 1440. The zero-order valence-electron chi connectivity index (χ0n) is 23.4. The molecule has 0 atom stereocenters. The van der Waals surface area contributed by atoms with E-state index in [1.807, 2.05) is 26.8 Å². The SMILES string of the molecule is [2H]c1c(C)c(C2CCNCC2)cc(OC(C)C)c1Nc1ncc(Cl)c(Nc2ccccc2S(=O)(=O)C(C)C)n1. The molecule has 3 N–H and O–H groups in total. The molecule has 0 radical (unpaired) electrons. The summed E-state index contributed by atoms with van der Waals surface area (Å²) in [5, 5.41) is 9.26. The van der Waals surface area contributed by atoms with Gasteiger partial charge >= 0.3 is 0 Å². The number of nitrogens with one attached hydrogen (secondary N) is 3. The number of halogens is 1. The van der Waals surface area contributed by atoms with Crippen molar-refractivity contribution >= 4 is 44.6 Å². The Morgan fingerprint density at radius 1 is 1.13 bits per heavy atom. The summed E-state index contributed by atoms with van der Waals surface area (Å²) in [5.41, 5.74) is 2.85. The van der Waals surface area contributed by atoms with E-state index in [1.165, 1.54) is 6.20 Å². The van der Waals surface area contributed by atoms with E-state index < -0.39 is 15.1 Å². The van der Waals surface area contributed by atoms with Gasteiger partial charge in [0.05, 0.1) is 35.2 Å². The molecule has 2 aromatic carbocycles. The van der Waals surface area contributed by atoms with Gasteiger partial charge in [0.15, 0.2) is 15.7 Å². The van der Waals surface area contributed by atoms with Gasteiger partial charge in [-0.25, -0.2) is 13.4 Å². The first-order valence-electron chi connectivity index (χ1n) is 13.4. The molecule has 0 unspecified atom stereocenters. The fourth-order valence-electron chi connectivity index (χ4n) is 4.47. The number of sulfone groups is 1. The number of anilines is 4. The number of para-hydroxylation sites is 1.